The molecule has 3 N–H and O–H groups in total. The van der Waals surface area contributed by atoms with E-state index in [2.05, 4.69) is 20.8 Å². The van der Waals surface area contributed by atoms with Crippen LogP contribution < -0.4 is 10.6 Å². The molecule has 2 aromatic rings. The van der Waals surface area contributed by atoms with E-state index in [9.17, 15) is 0 Å². The largest absolute Gasteiger partial charge is 0.406 e. The molecule has 0 spiro atoms. The number of nitrogens with one attached hydrogen (secondary N) is 2. The number of benzene rings is 1. The Balaban J connectivity index is 1.57. The SMILES string of the molecule is OCCCc1cccc(Nc2nnc(CNC3CC3)o2)c1. The van der Waals surface area contributed by atoms with Crippen molar-refractivity contribution in [1.82, 2.24) is 15.5 Å². The van der Waals surface area contributed by atoms with Crippen LogP contribution in [0.2, 0.25) is 0 Å². The Morgan fingerprint density at radius 2 is 2.19 bits per heavy atom. The number of rotatable bonds is 8. The number of aryl methyl sites for hydroxylation is 1. The number of hydrogen-bond donors (Lipinski definition) is 3. The van der Waals surface area contributed by atoms with Gasteiger partial charge in [-0.2, -0.15) is 0 Å². The molecule has 1 aliphatic rings. The Kier molecular flexibility index (Phi) is 4.47. The maximum Gasteiger partial charge on any atom is 0.320 e. The fourth-order valence-corrected chi connectivity index (χ4v) is 2.11. The zero-order valence-corrected chi connectivity index (χ0v) is 11.9. The number of aliphatic hydroxyl groups excluding tert-OH is 1. The number of nitrogens with zero attached hydrogens (tertiary/aromatic N) is 2. The van der Waals surface area contributed by atoms with Crippen molar-refractivity contribution < 1.29 is 9.52 Å². The van der Waals surface area contributed by atoms with Crippen LogP contribution in [0, 0.1) is 0 Å². The maximum atomic E-state index is 8.87. The van der Waals surface area contributed by atoms with Gasteiger partial charge in [-0.1, -0.05) is 17.2 Å². The molecule has 1 heterocycles. The molecule has 6 heteroatoms. The maximum absolute atomic E-state index is 8.87. The third-order valence-electron chi connectivity index (χ3n) is 3.39. The Labute approximate surface area is 123 Å². The summed E-state index contributed by atoms with van der Waals surface area (Å²) in [6, 6.07) is 9.02. The molecule has 0 aliphatic heterocycles. The van der Waals surface area contributed by atoms with E-state index in [1.54, 1.807) is 0 Å². The zero-order valence-electron chi connectivity index (χ0n) is 11.9. The molecule has 21 heavy (non-hydrogen) atoms. The van der Waals surface area contributed by atoms with Gasteiger partial charge in [0.15, 0.2) is 0 Å². The highest BCUT2D eigenvalue weighted by Gasteiger charge is 2.21. The zero-order chi connectivity index (χ0) is 14.5. The van der Waals surface area contributed by atoms with Gasteiger partial charge in [0.25, 0.3) is 0 Å². The molecule has 0 amide bonds. The molecule has 112 valence electrons. The summed E-state index contributed by atoms with van der Waals surface area (Å²) in [6.45, 7) is 0.828. The molecule has 1 aliphatic carbocycles. The lowest BCUT2D eigenvalue weighted by Gasteiger charge is -2.04. The lowest BCUT2D eigenvalue weighted by molar-refractivity contribution is 0.288. The fourth-order valence-electron chi connectivity index (χ4n) is 2.11. The van der Waals surface area contributed by atoms with Gasteiger partial charge in [-0.05, 0) is 43.4 Å². The van der Waals surface area contributed by atoms with Gasteiger partial charge in [0.2, 0.25) is 5.89 Å². The number of aromatic nitrogens is 2. The Bertz CT molecular complexity index is 581. The van der Waals surface area contributed by atoms with E-state index in [-0.39, 0.29) is 6.61 Å². The first-order valence-corrected chi connectivity index (χ1v) is 7.36. The molecule has 1 aromatic carbocycles. The third kappa shape index (κ3) is 4.27. The van der Waals surface area contributed by atoms with Crippen LogP contribution in [0.4, 0.5) is 11.7 Å². The van der Waals surface area contributed by atoms with Crippen molar-refractivity contribution in [2.24, 2.45) is 0 Å². The van der Waals surface area contributed by atoms with Crippen molar-refractivity contribution >= 4 is 11.7 Å². The molecular weight excluding hydrogens is 268 g/mol. The van der Waals surface area contributed by atoms with E-state index in [0.717, 1.165) is 18.5 Å². The quantitative estimate of drug-likeness (QED) is 0.689. The minimum atomic E-state index is 0.207. The predicted octanol–water partition coefficient (Wildman–Crippen LogP) is 1.99. The summed E-state index contributed by atoms with van der Waals surface area (Å²) in [5.74, 6) is 0.598. The predicted molar refractivity (Wildman–Crippen MR) is 79.3 cm³/mol. The van der Waals surface area contributed by atoms with Gasteiger partial charge >= 0.3 is 6.01 Å². The molecule has 0 radical (unpaired) electrons. The van der Waals surface area contributed by atoms with Crippen LogP contribution in [0.15, 0.2) is 28.7 Å². The summed E-state index contributed by atoms with van der Waals surface area (Å²) in [5, 5.41) is 23.3. The molecule has 0 unspecified atom stereocenters. The highest BCUT2D eigenvalue weighted by Crippen LogP contribution is 2.20. The van der Waals surface area contributed by atoms with Crippen molar-refractivity contribution in [2.45, 2.75) is 38.3 Å². The second-order valence-electron chi connectivity index (χ2n) is 5.31. The summed E-state index contributed by atoms with van der Waals surface area (Å²) in [7, 11) is 0. The number of hydrogen-bond acceptors (Lipinski definition) is 6. The number of aliphatic hydroxyl groups is 1. The molecule has 0 atom stereocenters. The van der Waals surface area contributed by atoms with Crippen molar-refractivity contribution in [3.8, 4) is 0 Å². The normalized spacial score (nSPS) is 14.3. The molecule has 0 saturated heterocycles. The minimum absolute atomic E-state index is 0.207. The van der Waals surface area contributed by atoms with Crippen LogP contribution in [0.25, 0.3) is 0 Å². The first kappa shape index (κ1) is 14.0. The molecule has 1 aromatic heterocycles. The average Bonchev–Trinajstić information content (AvgIpc) is 3.23. The fraction of sp³-hybridized carbons (Fsp3) is 0.467. The Morgan fingerprint density at radius 1 is 1.29 bits per heavy atom. The van der Waals surface area contributed by atoms with Crippen LogP contribution in [0.3, 0.4) is 0 Å². The van der Waals surface area contributed by atoms with Gasteiger partial charge < -0.3 is 20.2 Å². The molecular formula is C15H20N4O2. The summed E-state index contributed by atoms with van der Waals surface area (Å²) < 4.78 is 5.55. The molecule has 0 bridgehead atoms. The summed E-state index contributed by atoms with van der Waals surface area (Å²) in [5.41, 5.74) is 2.08. The van der Waals surface area contributed by atoms with Crippen molar-refractivity contribution in [1.29, 1.82) is 0 Å². The highest BCUT2D eigenvalue weighted by atomic mass is 16.4. The third-order valence-corrected chi connectivity index (χ3v) is 3.39. The van der Waals surface area contributed by atoms with Gasteiger partial charge in [-0.25, -0.2) is 0 Å². The van der Waals surface area contributed by atoms with Crippen molar-refractivity contribution in [2.75, 3.05) is 11.9 Å². The van der Waals surface area contributed by atoms with E-state index in [0.29, 0.717) is 24.5 Å². The smallest absolute Gasteiger partial charge is 0.320 e. The highest BCUT2D eigenvalue weighted by molar-refractivity contribution is 5.53. The molecule has 3 rings (SSSR count). The van der Waals surface area contributed by atoms with Gasteiger partial charge in [0.1, 0.15) is 0 Å². The average molecular weight is 288 g/mol. The van der Waals surface area contributed by atoms with Crippen LogP contribution in [0.5, 0.6) is 0 Å². The van der Waals surface area contributed by atoms with Crippen LogP contribution in [-0.2, 0) is 13.0 Å². The summed E-state index contributed by atoms with van der Waals surface area (Å²) in [6.07, 6.45) is 4.09. The van der Waals surface area contributed by atoms with E-state index in [4.69, 9.17) is 9.52 Å². The monoisotopic (exact) mass is 288 g/mol. The van der Waals surface area contributed by atoms with Gasteiger partial charge in [0.05, 0.1) is 6.54 Å². The second-order valence-corrected chi connectivity index (χ2v) is 5.31. The van der Waals surface area contributed by atoms with Gasteiger partial charge in [-0.3, -0.25) is 0 Å². The van der Waals surface area contributed by atoms with Crippen LogP contribution in [0.1, 0.15) is 30.7 Å². The minimum Gasteiger partial charge on any atom is -0.406 e. The Hall–Kier alpha value is -1.92. The molecule has 1 saturated carbocycles. The molecule has 6 nitrogen and oxygen atoms in total. The summed E-state index contributed by atoms with van der Waals surface area (Å²) >= 11 is 0. The van der Waals surface area contributed by atoms with E-state index in [1.165, 1.54) is 18.4 Å². The standard InChI is InChI=1S/C15H20N4O2/c20-8-2-4-11-3-1-5-13(9-11)17-15-19-18-14(21-15)10-16-12-6-7-12/h1,3,5,9,12,16,20H,2,4,6-8,10H2,(H,17,19). The van der Waals surface area contributed by atoms with E-state index in [1.807, 2.05) is 24.3 Å². The van der Waals surface area contributed by atoms with Crippen LogP contribution >= 0.6 is 0 Å². The summed E-state index contributed by atoms with van der Waals surface area (Å²) in [4.78, 5) is 0. The first-order valence-electron chi connectivity index (χ1n) is 7.36. The van der Waals surface area contributed by atoms with Crippen LogP contribution in [-0.4, -0.2) is 28.0 Å². The Morgan fingerprint density at radius 3 is 3.00 bits per heavy atom. The molecule has 1 fully saturated rings. The van der Waals surface area contributed by atoms with Gasteiger partial charge in [0, 0.05) is 18.3 Å². The lowest BCUT2D eigenvalue weighted by atomic mass is 10.1. The van der Waals surface area contributed by atoms with Gasteiger partial charge in [-0.15, -0.1) is 5.10 Å². The van der Waals surface area contributed by atoms with E-state index < -0.39 is 0 Å². The van der Waals surface area contributed by atoms with Crippen molar-refractivity contribution in [3.05, 3.63) is 35.7 Å². The topological polar surface area (TPSA) is 83.2 Å². The first-order chi connectivity index (χ1) is 10.3. The second kappa shape index (κ2) is 6.69. The number of anilines is 2. The van der Waals surface area contributed by atoms with Crippen molar-refractivity contribution in [3.63, 3.8) is 0 Å². The van der Waals surface area contributed by atoms with E-state index >= 15 is 0 Å². The lowest BCUT2D eigenvalue weighted by Crippen LogP contribution is -2.15.